The Hall–Kier alpha value is -2.53. The lowest BCUT2D eigenvalue weighted by Gasteiger charge is -2.32. The molecule has 1 aliphatic rings. The largest absolute Gasteiger partial charge is 0.348 e. The van der Waals surface area contributed by atoms with Gasteiger partial charge >= 0.3 is 0 Å². The van der Waals surface area contributed by atoms with Crippen LogP contribution in [0.3, 0.4) is 0 Å². The summed E-state index contributed by atoms with van der Waals surface area (Å²) in [7, 11) is 0. The molecule has 2 amide bonds. The zero-order valence-corrected chi connectivity index (χ0v) is 20.7. The zero-order valence-electron chi connectivity index (χ0n) is 19.2. The van der Waals surface area contributed by atoms with Crippen molar-refractivity contribution in [3.63, 3.8) is 0 Å². The average Bonchev–Trinajstić information content (AvgIpc) is 3.27. The second-order valence-corrected chi connectivity index (χ2v) is 9.34. The van der Waals surface area contributed by atoms with Gasteiger partial charge in [0.05, 0.1) is 27.5 Å². The summed E-state index contributed by atoms with van der Waals surface area (Å²) in [5.74, 6) is 1.88. The van der Waals surface area contributed by atoms with Gasteiger partial charge in [0.2, 0.25) is 0 Å². The van der Waals surface area contributed by atoms with Gasteiger partial charge in [0.15, 0.2) is 0 Å². The van der Waals surface area contributed by atoms with Crippen molar-refractivity contribution in [1.82, 2.24) is 20.4 Å². The first-order chi connectivity index (χ1) is 16.5. The topological polar surface area (TPSA) is 90.1 Å². The highest BCUT2D eigenvalue weighted by molar-refractivity contribution is 6.40. The Balaban J connectivity index is 1.43. The van der Waals surface area contributed by atoms with Gasteiger partial charge in [-0.2, -0.15) is 5.10 Å². The smallest absolute Gasteiger partial charge is 0.271 e. The maximum absolute atomic E-state index is 12.8. The third-order valence-corrected chi connectivity index (χ3v) is 6.65. The summed E-state index contributed by atoms with van der Waals surface area (Å²) < 4.78 is 0. The first kappa shape index (κ1) is 26.1. The number of hydrogen-bond acceptors (Lipinski definition) is 4. The number of hydrogen-bond donors (Lipinski definition) is 3. The fourth-order valence-electron chi connectivity index (χ4n) is 4.10. The van der Waals surface area contributed by atoms with E-state index in [4.69, 9.17) is 29.6 Å². The molecular weight excluding hydrogens is 473 g/mol. The van der Waals surface area contributed by atoms with Gasteiger partial charge in [0.25, 0.3) is 11.8 Å². The number of aromatic amines is 1. The predicted octanol–water partition coefficient (Wildman–Crippen LogP) is 5.14. The number of H-pyrrole nitrogens is 1. The van der Waals surface area contributed by atoms with Crippen molar-refractivity contribution < 1.29 is 9.59 Å². The molecule has 3 rings (SSSR count). The Kier molecular flexibility index (Phi) is 10.3. The van der Waals surface area contributed by atoms with Crippen LogP contribution in [0.2, 0.25) is 10.0 Å². The van der Waals surface area contributed by atoms with Crippen LogP contribution < -0.4 is 10.6 Å². The summed E-state index contributed by atoms with van der Waals surface area (Å²) in [6.45, 7) is 3.01. The quantitative estimate of drug-likeness (QED) is 0.292. The number of halogens is 2. The number of carbonyl (C=O) groups excluding carboxylic acids is 2. The van der Waals surface area contributed by atoms with Gasteiger partial charge in [-0.05, 0) is 44.4 Å². The number of nitrogens with zero attached hydrogens (tertiary/aromatic N) is 2. The first-order valence-corrected chi connectivity index (χ1v) is 12.5. The van der Waals surface area contributed by atoms with E-state index in [1.807, 2.05) is 0 Å². The van der Waals surface area contributed by atoms with Crippen molar-refractivity contribution in [2.45, 2.75) is 57.4 Å². The summed E-state index contributed by atoms with van der Waals surface area (Å²) in [4.78, 5) is 28.0. The Morgan fingerprint density at radius 3 is 2.47 bits per heavy atom. The van der Waals surface area contributed by atoms with Gasteiger partial charge in [-0.25, -0.2) is 0 Å². The number of piperidine rings is 1. The van der Waals surface area contributed by atoms with Crippen LogP contribution in [0.5, 0.6) is 0 Å². The van der Waals surface area contributed by atoms with Gasteiger partial charge in [0.1, 0.15) is 5.69 Å². The molecule has 0 unspecified atom stereocenters. The van der Waals surface area contributed by atoms with Crippen LogP contribution in [0, 0.1) is 12.3 Å². The maximum atomic E-state index is 12.8. The molecule has 2 heterocycles. The highest BCUT2D eigenvalue weighted by Crippen LogP contribution is 2.26. The molecule has 0 aliphatic carbocycles. The monoisotopic (exact) mass is 503 g/mol. The average molecular weight is 504 g/mol. The van der Waals surface area contributed by atoms with E-state index in [-0.39, 0.29) is 38.9 Å². The van der Waals surface area contributed by atoms with Crippen LogP contribution in [0.15, 0.2) is 24.4 Å². The lowest BCUT2D eigenvalue weighted by atomic mass is 10.0. The summed E-state index contributed by atoms with van der Waals surface area (Å²) >= 11 is 12.2. The van der Waals surface area contributed by atoms with E-state index < -0.39 is 5.91 Å². The van der Waals surface area contributed by atoms with E-state index in [1.54, 1.807) is 18.2 Å². The van der Waals surface area contributed by atoms with Crippen LogP contribution in [0.4, 0.5) is 5.69 Å². The summed E-state index contributed by atoms with van der Waals surface area (Å²) in [5, 5.41) is 12.8. The van der Waals surface area contributed by atoms with Crippen molar-refractivity contribution in [3.05, 3.63) is 45.7 Å². The van der Waals surface area contributed by atoms with Crippen molar-refractivity contribution in [2.24, 2.45) is 0 Å². The number of carbonyl (C=O) groups is 2. The van der Waals surface area contributed by atoms with Crippen molar-refractivity contribution in [2.75, 3.05) is 25.0 Å². The number of rotatable bonds is 11. The van der Waals surface area contributed by atoms with Gasteiger partial charge in [-0.15, -0.1) is 12.3 Å². The number of amides is 2. The second-order valence-electron chi connectivity index (χ2n) is 8.52. The molecule has 1 saturated heterocycles. The molecule has 1 aliphatic heterocycles. The van der Waals surface area contributed by atoms with E-state index in [9.17, 15) is 9.59 Å². The van der Waals surface area contributed by atoms with Gasteiger partial charge < -0.3 is 15.5 Å². The molecule has 1 aromatic carbocycles. The van der Waals surface area contributed by atoms with Gasteiger partial charge in [0, 0.05) is 25.6 Å². The maximum Gasteiger partial charge on any atom is 0.271 e. The van der Waals surface area contributed by atoms with Crippen LogP contribution >= 0.6 is 23.2 Å². The molecule has 2 aromatic rings. The minimum absolute atomic E-state index is 0.0809. The molecule has 3 N–H and O–H groups in total. The highest BCUT2D eigenvalue weighted by Gasteiger charge is 2.24. The molecule has 9 heteroatoms. The van der Waals surface area contributed by atoms with Crippen molar-refractivity contribution in [1.29, 1.82) is 0 Å². The number of anilines is 1. The molecule has 34 heavy (non-hydrogen) atoms. The number of benzene rings is 1. The summed E-state index contributed by atoms with van der Waals surface area (Å²) in [5.41, 5.74) is 0.625. The Morgan fingerprint density at radius 2 is 1.76 bits per heavy atom. The highest BCUT2D eigenvalue weighted by atomic mass is 35.5. The fourth-order valence-corrected chi connectivity index (χ4v) is 4.67. The predicted molar refractivity (Wildman–Crippen MR) is 136 cm³/mol. The molecule has 182 valence electrons. The standard InChI is InChI=1S/C25H31Cl2N5O2/c1-2-3-4-5-6-7-8-14-32-15-12-18(13-16-32)29-25(34)23-21(17-28-31-23)30-24(33)22-19(26)10-9-11-20(22)27/h1,9-11,17-18H,3-8,12-16H2,(H,28,31)(H,29,34)(H,30,33). The lowest BCUT2D eigenvalue weighted by Crippen LogP contribution is -2.45. The summed E-state index contributed by atoms with van der Waals surface area (Å²) in [6, 6.07) is 4.90. The lowest BCUT2D eigenvalue weighted by molar-refractivity contribution is 0.0906. The number of unbranched alkanes of at least 4 members (excludes halogenated alkanes) is 5. The van der Waals surface area contributed by atoms with E-state index in [0.29, 0.717) is 0 Å². The first-order valence-electron chi connectivity index (χ1n) is 11.7. The summed E-state index contributed by atoms with van der Waals surface area (Å²) in [6.07, 6.45) is 15.3. The number of likely N-dealkylation sites (tertiary alicyclic amines) is 1. The van der Waals surface area contributed by atoms with Crippen molar-refractivity contribution >= 4 is 40.7 Å². The Bertz CT molecular complexity index is 989. The molecule has 0 atom stereocenters. The Labute approximate surface area is 211 Å². The molecule has 1 fully saturated rings. The van der Waals surface area contributed by atoms with E-state index in [0.717, 1.165) is 45.3 Å². The number of terminal acetylenes is 1. The van der Waals surface area contributed by atoms with Gasteiger partial charge in [-0.1, -0.05) is 48.5 Å². The zero-order chi connectivity index (χ0) is 24.3. The van der Waals surface area contributed by atoms with E-state index >= 15 is 0 Å². The second kappa shape index (κ2) is 13.4. The van der Waals surface area contributed by atoms with Crippen LogP contribution in [0.1, 0.15) is 72.2 Å². The molecule has 0 bridgehead atoms. The molecular formula is C25H31Cl2N5O2. The third kappa shape index (κ3) is 7.49. The van der Waals surface area contributed by atoms with Gasteiger partial charge in [-0.3, -0.25) is 14.7 Å². The third-order valence-electron chi connectivity index (χ3n) is 6.02. The van der Waals surface area contributed by atoms with E-state index in [2.05, 4.69) is 31.7 Å². The molecule has 0 saturated carbocycles. The molecule has 1 aromatic heterocycles. The fraction of sp³-hybridized carbons (Fsp3) is 0.480. The van der Waals surface area contributed by atoms with Crippen LogP contribution in [0.25, 0.3) is 0 Å². The molecule has 0 spiro atoms. The minimum atomic E-state index is -0.504. The number of nitrogens with one attached hydrogen (secondary N) is 3. The SMILES string of the molecule is C#CCCCCCCCN1CCC(NC(=O)c2[nH]ncc2NC(=O)c2c(Cl)cccc2Cl)CC1. The van der Waals surface area contributed by atoms with Crippen molar-refractivity contribution in [3.8, 4) is 12.3 Å². The van der Waals surface area contributed by atoms with Crippen LogP contribution in [-0.4, -0.2) is 52.6 Å². The molecule has 0 radical (unpaired) electrons. The Morgan fingerprint density at radius 1 is 1.09 bits per heavy atom. The molecule has 7 nitrogen and oxygen atoms in total. The number of aromatic nitrogens is 2. The van der Waals surface area contributed by atoms with E-state index in [1.165, 1.54) is 31.9 Å². The normalized spacial score (nSPS) is 14.5. The minimum Gasteiger partial charge on any atom is -0.348 e. The van der Waals surface area contributed by atoms with Crippen LogP contribution in [-0.2, 0) is 0 Å².